The average molecular weight is 478 g/mol. The molecule has 4 N–H and O–H groups in total. The molecule has 0 saturated heterocycles. The molecule has 0 saturated carbocycles. The number of benzene rings is 3. The van der Waals surface area contributed by atoms with Crippen LogP contribution in [-0.2, 0) is 13.0 Å². The van der Waals surface area contributed by atoms with Gasteiger partial charge >= 0.3 is 0 Å². The van der Waals surface area contributed by atoms with E-state index < -0.39 is 5.91 Å². The lowest BCUT2D eigenvalue weighted by Gasteiger charge is -2.17. The largest absolute Gasteiger partial charge is 0.366 e. The van der Waals surface area contributed by atoms with Gasteiger partial charge in [0.05, 0.1) is 12.1 Å². The predicted octanol–water partition coefficient (Wildman–Crippen LogP) is 4.25. The van der Waals surface area contributed by atoms with Gasteiger partial charge in [-0.2, -0.15) is 10.2 Å². The predicted molar refractivity (Wildman–Crippen MR) is 139 cm³/mol. The van der Waals surface area contributed by atoms with E-state index in [1.54, 1.807) is 0 Å². The highest BCUT2D eigenvalue weighted by Gasteiger charge is 2.27. The van der Waals surface area contributed by atoms with E-state index in [0.717, 1.165) is 52.0 Å². The number of aryl methyl sites for hydroxylation is 1. The molecule has 0 spiro atoms. The second kappa shape index (κ2) is 8.73. The Hall–Kier alpha value is -4.30. The number of fused-ring (bicyclic) bond motifs is 2. The molecule has 2 aromatic heterocycles. The SMILES string of the molecule is CN(C)Cc1nc(-c2ccc3[nH]nc(-c4cc(C(N)=O)ccc4[C@@H]4CCc5ccccc54)c3c2)n[nH]1. The Balaban J connectivity index is 1.49. The molecule has 8 nitrogen and oxygen atoms in total. The molecule has 180 valence electrons. The number of carbonyl (C=O) groups excluding carboxylic acids is 1. The van der Waals surface area contributed by atoms with Gasteiger partial charge in [0.15, 0.2) is 5.82 Å². The van der Waals surface area contributed by atoms with E-state index >= 15 is 0 Å². The molecule has 8 heteroatoms. The highest BCUT2D eigenvalue weighted by Crippen LogP contribution is 2.43. The van der Waals surface area contributed by atoms with Crippen molar-refractivity contribution < 1.29 is 4.79 Å². The summed E-state index contributed by atoms with van der Waals surface area (Å²) in [5.41, 5.74) is 13.5. The molecular formula is C28H27N7O. The zero-order valence-corrected chi connectivity index (χ0v) is 20.2. The third-order valence-electron chi connectivity index (χ3n) is 6.92. The van der Waals surface area contributed by atoms with Crippen LogP contribution < -0.4 is 5.73 Å². The molecule has 36 heavy (non-hydrogen) atoms. The van der Waals surface area contributed by atoms with Crippen molar-refractivity contribution in [2.45, 2.75) is 25.3 Å². The smallest absolute Gasteiger partial charge is 0.248 e. The van der Waals surface area contributed by atoms with Crippen LogP contribution in [0.15, 0.2) is 60.7 Å². The van der Waals surface area contributed by atoms with Crippen molar-refractivity contribution in [3.63, 3.8) is 0 Å². The van der Waals surface area contributed by atoms with Gasteiger partial charge in [0.25, 0.3) is 0 Å². The zero-order valence-electron chi connectivity index (χ0n) is 20.2. The van der Waals surface area contributed by atoms with Crippen LogP contribution in [0.5, 0.6) is 0 Å². The molecule has 1 aliphatic rings. The van der Waals surface area contributed by atoms with Crippen LogP contribution in [0.25, 0.3) is 33.5 Å². The maximum Gasteiger partial charge on any atom is 0.248 e. The number of nitrogens with zero attached hydrogens (tertiary/aromatic N) is 4. The summed E-state index contributed by atoms with van der Waals surface area (Å²) in [6.07, 6.45) is 2.05. The Labute approximate surface area is 208 Å². The van der Waals surface area contributed by atoms with Crippen LogP contribution in [0.1, 0.15) is 45.2 Å². The molecule has 1 aliphatic carbocycles. The van der Waals surface area contributed by atoms with E-state index in [-0.39, 0.29) is 5.92 Å². The van der Waals surface area contributed by atoms with Crippen LogP contribution in [0, 0.1) is 0 Å². The number of H-pyrrole nitrogens is 2. The second-order valence-electron chi connectivity index (χ2n) is 9.63. The van der Waals surface area contributed by atoms with Crippen molar-refractivity contribution in [1.82, 2.24) is 30.3 Å². The summed E-state index contributed by atoms with van der Waals surface area (Å²) >= 11 is 0. The molecular weight excluding hydrogens is 450 g/mol. The van der Waals surface area contributed by atoms with Crippen molar-refractivity contribution >= 4 is 16.8 Å². The number of nitrogens with two attached hydrogens (primary N) is 1. The van der Waals surface area contributed by atoms with E-state index in [4.69, 9.17) is 10.8 Å². The minimum atomic E-state index is -0.454. The molecule has 1 atom stereocenters. The summed E-state index contributed by atoms with van der Waals surface area (Å²) in [7, 11) is 3.99. The Kier molecular flexibility index (Phi) is 5.38. The maximum atomic E-state index is 12.1. The molecule has 3 aromatic carbocycles. The van der Waals surface area contributed by atoms with Crippen molar-refractivity contribution in [1.29, 1.82) is 0 Å². The first-order valence-electron chi connectivity index (χ1n) is 12.0. The summed E-state index contributed by atoms with van der Waals surface area (Å²) in [4.78, 5) is 18.8. The van der Waals surface area contributed by atoms with E-state index in [0.29, 0.717) is 17.9 Å². The van der Waals surface area contributed by atoms with E-state index in [9.17, 15) is 4.79 Å². The maximum absolute atomic E-state index is 12.1. The summed E-state index contributed by atoms with van der Waals surface area (Å²) in [5.74, 6) is 1.22. The van der Waals surface area contributed by atoms with Gasteiger partial charge in [-0.1, -0.05) is 30.3 Å². The van der Waals surface area contributed by atoms with Crippen LogP contribution in [-0.4, -0.2) is 50.3 Å². The number of rotatable bonds is 6. The minimum Gasteiger partial charge on any atom is -0.366 e. The molecule has 0 radical (unpaired) electrons. The number of aromatic nitrogens is 5. The van der Waals surface area contributed by atoms with Crippen molar-refractivity contribution in [3.8, 4) is 22.6 Å². The van der Waals surface area contributed by atoms with Gasteiger partial charge in [-0.15, -0.1) is 0 Å². The van der Waals surface area contributed by atoms with Crippen LogP contribution in [0.4, 0.5) is 0 Å². The molecule has 0 bridgehead atoms. The molecule has 6 rings (SSSR count). The van der Waals surface area contributed by atoms with Crippen molar-refractivity contribution in [2.75, 3.05) is 14.1 Å². The fourth-order valence-corrected chi connectivity index (χ4v) is 5.25. The Morgan fingerprint density at radius 1 is 1.03 bits per heavy atom. The standard InChI is InChI=1S/C28H27N7O/c1-35(2)15-25-30-28(34-32-25)18-9-12-24-23(14-18)26(33-31-24)22-13-17(27(29)36)8-11-21(22)20-10-7-16-5-3-4-6-19(16)20/h3-6,8-9,11-14,20H,7,10,15H2,1-2H3,(H2,29,36)(H,31,33)(H,30,32,34)/t20-/m1/s1. The fourth-order valence-electron chi connectivity index (χ4n) is 5.25. The summed E-state index contributed by atoms with van der Waals surface area (Å²) < 4.78 is 0. The number of amides is 1. The third kappa shape index (κ3) is 3.85. The third-order valence-corrected chi connectivity index (χ3v) is 6.92. The fraction of sp³-hybridized carbons (Fsp3) is 0.214. The van der Waals surface area contributed by atoms with Gasteiger partial charge in [0.2, 0.25) is 5.91 Å². The number of primary amides is 1. The molecule has 0 aliphatic heterocycles. The highest BCUT2D eigenvalue weighted by molar-refractivity contribution is 5.99. The number of hydrogen-bond donors (Lipinski definition) is 3. The quantitative estimate of drug-likeness (QED) is 0.338. The first-order chi connectivity index (χ1) is 17.5. The summed E-state index contributed by atoms with van der Waals surface area (Å²) in [6, 6.07) is 20.4. The summed E-state index contributed by atoms with van der Waals surface area (Å²) in [6.45, 7) is 0.679. The van der Waals surface area contributed by atoms with Crippen molar-refractivity contribution in [2.24, 2.45) is 5.73 Å². The average Bonchev–Trinajstić information content (AvgIpc) is 3.61. The van der Waals surface area contributed by atoms with Gasteiger partial charge in [-0.3, -0.25) is 15.0 Å². The zero-order chi connectivity index (χ0) is 24.8. The number of carbonyl (C=O) groups is 1. The monoisotopic (exact) mass is 477 g/mol. The Morgan fingerprint density at radius 2 is 1.89 bits per heavy atom. The lowest BCUT2D eigenvalue weighted by Crippen LogP contribution is -2.12. The number of nitrogens with one attached hydrogen (secondary N) is 2. The van der Waals surface area contributed by atoms with E-state index in [1.165, 1.54) is 11.1 Å². The Bertz CT molecular complexity index is 1600. The van der Waals surface area contributed by atoms with Gasteiger partial charge < -0.3 is 10.6 Å². The first kappa shape index (κ1) is 22.2. The highest BCUT2D eigenvalue weighted by atomic mass is 16.1. The molecule has 2 heterocycles. The number of hydrogen-bond acceptors (Lipinski definition) is 5. The normalized spacial score (nSPS) is 15.0. The molecule has 5 aromatic rings. The van der Waals surface area contributed by atoms with E-state index in [1.807, 2.05) is 49.3 Å². The van der Waals surface area contributed by atoms with Gasteiger partial charge in [0, 0.05) is 28.0 Å². The van der Waals surface area contributed by atoms with Gasteiger partial charge in [-0.05, 0) is 74.0 Å². The summed E-state index contributed by atoms with van der Waals surface area (Å²) in [5, 5.41) is 16.2. The molecule has 0 unspecified atom stereocenters. The van der Waals surface area contributed by atoms with Gasteiger partial charge in [0.1, 0.15) is 11.5 Å². The Morgan fingerprint density at radius 3 is 2.72 bits per heavy atom. The molecule has 1 amide bonds. The second-order valence-corrected chi connectivity index (χ2v) is 9.63. The van der Waals surface area contributed by atoms with Crippen molar-refractivity contribution in [3.05, 3.63) is 88.7 Å². The first-order valence-corrected chi connectivity index (χ1v) is 12.0. The van der Waals surface area contributed by atoms with Crippen LogP contribution in [0.2, 0.25) is 0 Å². The topological polar surface area (TPSA) is 117 Å². The molecule has 0 fully saturated rings. The lowest BCUT2D eigenvalue weighted by atomic mass is 9.86. The van der Waals surface area contributed by atoms with E-state index in [2.05, 4.69) is 50.6 Å². The van der Waals surface area contributed by atoms with Crippen LogP contribution in [0.3, 0.4) is 0 Å². The van der Waals surface area contributed by atoms with Crippen LogP contribution >= 0.6 is 0 Å². The number of aromatic amines is 2. The van der Waals surface area contributed by atoms with Gasteiger partial charge in [-0.25, -0.2) is 4.98 Å². The lowest BCUT2D eigenvalue weighted by molar-refractivity contribution is 0.100. The minimum absolute atomic E-state index is 0.231.